The largest absolute Gasteiger partial charge is 0.351 e. The van der Waals surface area contributed by atoms with Gasteiger partial charge in [-0.1, -0.05) is 0 Å². The minimum Gasteiger partial charge on any atom is -0.351 e. The molecule has 1 saturated heterocycles. The Balaban J connectivity index is 1.57. The molecule has 0 aromatic rings. The summed E-state index contributed by atoms with van der Waals surface area (Å²) in [5.74, 6) is 2.05. The van der Waals surface area contributed by atoms with Crippen molar-refractivity contribution in [3.63, 3.8) is 0 Å². The van der Waals surface area contributed by atoms with E-state index < -0.39 is 4.75 Å². The molecule has 0 spiro atoms. The summed E-state index contributed by atoms with van der Waals surface area (Å²) in [6.45, 7) is 3.80. The molecule has 0 aromatic heterocycles. The minimum absolute atomic E-state index is 0.0140. The van der Waals surface area contributed by atoms with Crippen LogP contribution >= 0.6 is 11.8 Å². The van der Waals surface area contributed by atoms with Crippen molar-refractivity contribution in [3.05, 3.63) is 0 Å². The third kappa shape index (κ3) is 2.91. The van der Waals surface area contributed by atoms with E-state index in [2.05, 4.69) is 10.6 Å². The van der Waals surface area contributed by atoms with Crippen molar-refractivity contribution in [1.82, 2.24) is 10.6 Å². The first-order valence-corrected chi connectivity index (χ1v) is 8.21. The summed E-state index contributed by atoms with van der Waals surface area (Å²) in [5, 5.41) is 6.05. The van der Waals surface area contributed by atoms with E-state index in [1.807, 2.05) is 13.8 Å². The predicted molar refractivity (Wildman–Crippen MR) is 75.8 cm³/mol. The van der Waals surface area contributed by atoms with Gasteiger partial charge in [0.15, 0.2) is 0 Å². The van der Waals surface area contributed by atoms with Crippen LogP contribution in [0.2, 0.25) is 0 Å². The average molecular weight is 282 g/mol. The summed E-state index contributed by atoms with van der Waals surface area (Å²) < 4.78 is -0.414. The van der Waals surface area contributed by atoms with Crippen molar-refractivity contribution < 1.29 is 9.59 Å². The molecule has 1 aliphatic heterocycles. The van der Waals surface area contributed by atoms with Crippen LogP contribution in [0.25, 0.3) is 0 Å². The maximum absolute atomic E-state index is 12.3. The number of carbonyl (C=O) groups excluding carboxylic acids is 2. The van der Waals surface area contributed by atoms with Crippen LogP contribution in [0.1, 0.15) is 39.5 Å². The standard InChI is InChI=1S/C14H22N2O2S/c1-14(2)13(18)15-10(7-19-14)12(17)16-11(8-3-4-8)9-5-6-9/h8-11H,3-7H2,1-2H3,(H,15,18)(H,16,17)/t10-/m0/s1. The van der Waals surface area contributed by atoms with Crippen LogP contribution in [0.5, 0.6) is 0 Å². The molecule has 0 unspecified atom stereocenters. The third-order valence-electron chi connectivity index (χ3n) is 4.35. The molecule has 106 valence electrons. The Kier molecular flexibility index (Phi) is 3.28. The maximum atomic E-state index is 12.3. The monoisotopic (exact) mass is 282 g/mol. The molecular weight excluding hydrogens is 260 g/mol. The molecular formula is C14H22N2O2S. The first-order valence-electron chi connectivity index (χ1n) is 7.22. The zero-order chi connectivity index (χ0) is 13.6. The second-order valence-electron chi connectivity index (χ2n) is 6.56. The van der Waals surface area contributed by atoms with E-state index >= 15 is 0 Å². The normalized spacial score (nSPS) is 30.1. The van der Waals surface area contributed by atoms with Crippen LogP contribution < -0.4 is 10.6 Å². The molecule has 0 radical (unpaired) electrons. The Labute approximate surface area is 118 Å². The van der Waals surface area contributed by atoms with Crippen molar-refractivity contribution in [1.29, 1.82) is 0 Å². The van der Waals surface area contributed by atoms with Gasteiger partial charge in [0.2, 0.25) is 11.8 Å². The van der Waals surface area contributed by atoms with E-state index in [1.165, 1.54) is 25.7 Å². The van der Waals surface area contributed by atoms with Crippen LogP contribution in [0.3, 0.4) is 0 Å². The molecule has 1 heterocycles. The number of hydrogen-bond acceptors (Lipinski definition) is 3. The Hall–Kier alpha value is -0.710. The highest BCUT2D eigenvalue weighted by molar-refractivity contribution is 8.01. The summed E-state index contributed by atoms with van der Waals surface area (Å²) in [6.07, 6.45) is 5.00. The summed E-state index contributed by atoms with van der Waals surface area (Å²) in [5.41, 5.74) is 0. The molecule has 3 aliphatic rings. The van der Waals surface area contributed by atoms with Gasteiger partial charge in [0, 0.05) is 11.8 Å². The lowest BCUT2D eigenvalue weighted by Gasteiger charge is -2.33. The van der Waals surface area contributed by atoms with Gasteiger partial charge in [0.25, 0.3) is 0 Å². The molecule has 0 bridgehead atoms. The van der Waals surface area contributed by atoms with E-state index in [0.29, 0.717) is 23.6 Å². The Morgan fingerprint density at radius 2 is 1.89 bits per heavy atom. The van der Waals surface area contributed by atoms with Gasteiger partial charge in [0.1, 0.15) is 6.04 Å². The van der Waals surface area contributed by atoms with E-state index in [1.54, 1.807) is 11.8 Å². The third-order valence-corrected chi connectivity index (χ3v) is 5.76. The van der Waals surface area contributed by atoms with Gasteiger partial charge in [-0.2, -0.15) is 0 Å². The van der Waals surface area contributed by atoms with Crippen molar-refractivity contribution in [3.8, 4) is 0 Å². The van der Waals surface area contributed by atoms with Gasteiger partial charge < -0.3 is 10.6 Å². The molecule has 3 fully saturated rings. The topological polar surface area (TPSA) is 58.2 Å². The number of rotatable bonds is 4. The fourth-order valence-electron chi connectivity index (χ4n) is 2.67. The lowest BCUT2D eigenvalue weighted by Crippen LogP contribution is -2.58. The van der Waals surface area contributed by atoms with Crippen molar-refractivity contribution >= 4 is 23.6 Å². The van der Waals surface area contributed by atoms with Gasteiger partial charge >= 0.3 is 0 Å². The summed E-state index contributed by atoms with van der Waals surface area (Å²) in [4.78, 5) is 24.2. The van der Waals surface area contributed by atoms with Crippen LogP contribution in [0.15, 0.2) is 0 Å². The Bertz CT molecular complexity index is 390. The van der Waals surface area contributed by atoms with Gasteiger partial charge in [-0.25, -0.2) is 0 Å². The number of nitrogens with one attached hydrogen (secondary N) is 2. The van der Waals surface area contributed by atoms with E-state index in [-0.39, 0.29) is 17.9 Å². The molecule has 2 N–H and O–H groups in total. The SMILES string of the molecule is CC1(C)SC[C@@H](C(=O)NC(C2CC2)C2CC2)NC1=O. The fraction of sp³-hybridized carbons (Fsp3) is 0.857. The first-order chi connectivity index (χ1) is 8.97. The minimum atomic E-state index is -0.414. The van der Waals surface area contributed by atoms with Crippen LogP contribution in [-0.4, -0.2) is 34.4 Å². The van der Waals surface area contributed by atoms with Gasteiger partial charge in [-0.05, 0) is 51.4 Å². The van der Waals surface area contributed by atoms with Gasteiger partial charge in [0.05, 0.1) is 4.75 Å². The van der Waals surface area contributed by atoms with E-state index in [9.17, 15) is 9.59 Å². The summed E-state index contributed by atoms with van der Waals surface area (Å²) in [6, 6.07) is 0.00913. The first kappa shape index (κ1) is 13.3. The van der Waals surface area contributed by atoms with Crippen LogP contribution in [0, 0.1) is 11.8 Å². The lowest BCUT2D eigenvalue weighted by molar-refractivity contribution is -0.130. The Morgan fingerprint density at radius 3 is 2.37 bits per heavy atom. The summed E-state index contributed by atoms with van der Waals surface area (Å²) in [7, 11) is 0. The molecule has 0 aromatic carbocycles. The van der Waals surface area contributed by atoms with Crippen molar-refractivity contribution in [2.75, 3.05) is 5.75 Å². The smallest absolute Gasteiger partial charge is 0.243 e. The Morgan fingerprint density at radius 1 is 1.32 bits per heavy atom. The predicted octanol–water partition coefficient (Wildman–Crippen LogP) is 1.30. The van der Waals surface area contributed by atoms with Crippen molar-refractivity contribution in [2.24, 2.45) is 11.8 Å². The molecule has 2 amide bonds. The highest BCUT2D eigenvalue weighted by atomic mass is 32.2. The number of carbonyl (C=O) groups is 2. The highest BCUT2D eigenvalue weighted by Crippen LogP contribution is 2.44. The van der Waals surface area contributed by atoms with Crippen LogP contribution in [-0.2, 0) is 9.59 Å². The number of hydrogen-bond donors (Lipinski definition) is 2. The highest BCUT2D eigenvalue weighted by Gasteiger charge is 2.44. The molecule has 19 heavy (non-hydrogen) atoms. The van der Waals surface area contributed by atoms with E-state index in [0.717, 1.165) is 0 Å². The van der Waals surface area contributed by atoms with Crippen LogP contribution in [0.4, 0.5) is 0 Å². The second kappa shape index (κ2) is 4.69. The summed E-state index contributed by atoms with van der Waals surface area (Å²) >= 11 is 1.57. The average Bonchev–Trinajstić information content (AvgIpc) is 3.22. The molecule has 4 nitrogen and oxygen atoms in total. The molecule has 3 rings (SSSR count). The fourth-order valence-corrected chi connectivity index (χ4v) is 3.68. The zero-order valence-electron chi connectivity index (χ0n) is 11.6. The van der Waals surface area contributed by atoms with Gasteiger partial charge in [-0.15, -0.1) is 11.8 Å². The second-order valence-corrected chi connectivity index (χ2v) is 8.20. The molecule has 2 aliphatic carbocycles. The molecule has 1 atom stereocenters. The van der Waals surface area contributed by atoms with E-state index in [4.69, 9.17) is 0 Å². The zero-order valence-corrected chi connectivity index (χ0v) is 12.4. The molecule has 5 heteroatoms. The molecule has 2 saturated carbocycles. The number of amides is 2. The quantitative estimate of drug-likeness (QED) is 0.817. The lowest BCUT2D eigenvalue weighted by atomic mass is 10.1. The van der Waals surface area contributed by atoms with Gasteiger partial charge in [-0.3, -0.25) is 9.59 Å². The van der Waals surface area contributed by atoms with Crippen molar-refractivity contribution in [2.45, 2.75) is 56.4 Å². The maximum Gasteiger partial charge on any atom is 0.243 e. The number of thioether (sulfide) groups is 1.